The maximum absolute atomic E-state index is 12.7. The molecule has 0 atom stereocenters. The van der Waals surface area contributed by atoms with Crippen LogP contribution >= 0.6 is 24.0 Å². The topological polar surface area (TPSA) is 114 Å². The largest absolute Gasteiger partial charge is 0.545 e. The van der Waals surface area contributed by atoms with E-state index in [2.05, 4.69) is 0 Å². The van der Waals surface area contributed by atoms with Crippen molar-refractivity contribution in [2.45, 2.75) is 6.92 Å². The second-order valence-corrected chi connectivity index (χ2v) is 6.98. The van der Waals surface area contributed by atoms with Crippen molar-refractivity contribution in [2.75, 3.05) is 4.90 Å². The number of carboxylic acid groups (broad SMARTS) is 2. The third-order valence-corrected chi connectivity index (χ3v) is 4.78. The number of rotatable bonds is 4. The number of hydrogen-bond acceptors (Lipinski definition) is 8. The second kappa shape index (κ2) is 6.77. The molecular formula is C17H9NO6S2-2. The van der Waals surface area contributed by atoms with E-state index in [1.54, 1.807) is 19.1 Å². The average molecular weight is 387 g/mol. The van der Waals surface area contributed by atoms with Gasteiger partial charge in [-0.15, -0.1) is 0 Å². The fraction of sp³-hybridized carbons (Fsp3) is 0.0588. The van der Waals surface area contributed by atoms with Crippen LogP contribution in [0, 0.1) is 6.92 Å². The minimum atomic E-state index is -1.58. The number of thiocarbonyl (C=S) groups is 1. The van der Waals surface area contributed by atoms with Crippen LogP contribution in [0.15, 0.2) is 39.7 Å². The maximum atomic E-state index is 12.7. The highest BCUT2D eigenvalue weighted by atomic mass is 32.2. The van der Waals surface area contributed by atoms with E-state index in [0.29, 0.717) is 11.5 Å². The second-order valence-electron chi connectivity index (χ2n) is 5.31. The summed E-state index contributed by atoms with van der Waals surface area (Å²) in [6.07, 6.45) is 1.51. The van der Waals surface area contributed by atoms with Crippen molar-refractivity contribution in [3.8, 4) is 0 Å². The highest BCUT2D eigenvalue weighted by Crippen LogP contribution is 2.36. The standard InChI is InChI=1S/C17H11NO6S2/c1-8-2-3-12(24-8)7-13-14(19)18(17(25)26-13)11-5-9(15(20)21)4-10(6-11)16(22)23/h2-7H,1H3,(H,20,21)(H,22,23)/p-2/b13-7-. The lowest BCUT2D eigenvalue weighted by atomic mass is 10.1. The van der Waals surface area contributed by atoms with E-state index in [1.807, 2.05) is 0 Å². The number of nitrogens with zero attached hydrogens (tertiary/aromatic N) is 1. The number of amides is 1. The van der Waals surface area contributed by atoms with Gasteiger partial charge in [-0.2, -0.15) is 0 Å². The normalized spacial score (nSPS) is 15.7. The Labute approximate surface area is 156 Å². The zero-order chi connectivity index (χ0) is 19.0. The van der Waals surface area contributed by atoms with Crippen molar-refractivity contribution < 1.29 is 29.0 Å². The molecule has 1 amide bonds. The molecule has 0 spiro atoms. The molecule has 1 aliphatic rings. The lowest BCUT2D eigenvalue weighted by Gasteiger charge is -2.18. The van der Waals surface area contributed by atoms with Gasteiger partial charge in [0.25, 0.3) is 5.91 Å². The smallest absolute Gasteiger partial charge is 0.270 e. The van der Waals surface area contributed by atoms with Gasteiger partial charge in [0.05, 0.1) is 22.5 Å². The average Bonchev–Trinajstić information content (AvgIpc) is 3.10. The summed E-state index contributed by atoms with van der Waals surface area (Å²) in [5.74, 6) is -2.55. The van der Waals surface area contributed by atoms with Gasteiger partial charge in [0.1, 0.15) is 11.5 Å². The Hall–Kier alpha value is -2.91. The van der Waals surface area contributed by atoms with Crippen LogP contribution in [0.3, 0.4) is 0 Å². The minimum Gasteiger partial charge on any atom is -0.545 e. The van der Waals surface area contributed by atoms with E-state index in [4.69, 9.17) is 16.6 Å². The van der Waals surface area contributed by atoms with E-state index >= 15 is 0 Å². The first-order valence-electron chi connectivity index (χ1n) is 7.18. The molecule has 1 aromatic heterocycles. The fourth-order valence-corrected chi connectivity index (χ4v) is 3.61. The lowest BCUT2D eigenvalue weighted by molar-refractivity contribution is -0.255. The Morgan fingerprint density at radius 2 is 1.77 bits per heavy atom. The number of carbonyl (C=O) groups is 3. The molecule has 1 fully saturated rings. The summed E-state index contributed by atoms with van der Waals surface area (Å²) in [5, 5.41) is 22.2. The van der Waals surface area contributed by atoms with Crippen LogP contribution in [0.25, 0.3) is 6.08 Å². The first kappa shape index (κ1) is 17.9. The summed E-state index contributed by atoms with van der Waals surface area (Å²) in [7, 11) is 0. The van der Waals surface area contributed by atoms with Gasteiger partial charge in [-0.3, -0.25) is 9.69 Å². The van der Waals surface area contributed by atoms with Crippen LogP contribution in [0.4, 0.5) is 5.69 Å². The van der Waals surface area contributed by atoms with Gasteiger partial charge in [-0.25, -0.2) is 0 Å². The zero-order valence-corrected chi connectivity index (χ0v) is 14.8. The van der Waals surface area contributed by atoms with Gasteiger partial charge < -0.3 is 24.2 Å². The molecule has 0 radical (unpaired) electrons. The quantitative estimate of drug-likeness (QED) is 0.557. The summed E-state index contributed by atoms with van der Waals surface area (Å²) in [6.45, 7) is 1.76. The van der Waals surface area contributed by atoms with Crippen LogP contribution in [0.5, 0.6) is 0 Å². The van der Waals surface area contributed by atoms with Crippen molar-refractivity contribution in [1.82, 2.24) is 0 Å². The predicted octanol–water partition coefficient (Wildman–Crippen LogP) is 0.721. The Morgan fingerprint density at radius 1 is 1.15 bits per heavy atom. The van der Waals surface area contributed by atoms with Crippen molar-refractivity contribution in [3.05, 3.63) is 57.9 Å². The molecule has 0 bridgehead atoms. The van der Waals surface area contributed by atoms with Crippen LogP contribution < -0.4 is 15.1 Å². The molecule has 26 heavy (non-hydrogen) atoms. The van der Waals surface area contributed by atoms with Gasteiger partial charge >= 0.3 is 0 Å². The van der Waals surface area contributed by atoms with Gasteiger partial charge in [0.2, 0.25) is 0 Å². The summed E-state index contributed by atoms with van der Waals surface area (Å²) in [4.78, 5) is 36.2. The van der Waals surface area contributed by atoms with E-state index in [-0.39, 0.29) is 14.9 Å². The van der Waals surface area contributed by atoms with Crippen LogP contribution in [-0.2, 0) is 4.79 Å². The Bertz CT molecular complexity index is 959. The summed E-state index contributed by atoms with van der Waals surface area (Å²) in [6, 6.07) is 6.56. The summed E-state index contributed by atoms with van der Waals surface area (Å²) in [5.41, 5.74) is -0.796. The number of carboxylic acids is 2. The highest BCUT2D eigenvalue weighted by molar-refractivity contribution is 8.27. The van der Waals surface area contributed by atoms with Gasteiger partial charge in [0.15, 0.2) is 4.32 Å². The highest BCUT2D eigenvalue weighted by Gasteiger charge is 2.34. The van der Waals surface area contributed by atoms with Crippen molar-refractivity contribution >= 4 is 57.9 Å². The Balaban J connectivity index is 2.03. The van der Waals surface area contributed by atoms with Crippen LogP contribution in [-0.4, -0.2) is 22.2 Å². The third-order valence-electron chi connectivity index (χ3n) is 3.48. The van der Waals surface area contributed by atoms with Gasteiger partial charge in [-0.1, -0.05) is 24.0 Å². The van der Waals surface area contributed by atoms with Crippen molar-refractivity contribution in [2.24, 2.45) is 0 Å². The molecule has 1 saturated heterocycles. The van der Waals surface area contributed by atoms with Gasteiger partial charge in [0, 0.05) is 6.08 Å². The molecular weight excluding hydrogens is 378 g/mol. The molecule has 0 unspecified atom stereocenters. The van der Waals surface area contributed by atoms with Crippen molar-refractivity contribution in [1.29, 1.82) is 0 Å². The molecule has 9 heteroatoms. The van der Waals surface area contributed by atoms with Crippen molar-refractivity contribution in [3.63, 3.8) is 0 Å². The number of benzene rings is 1. The molecule has 0 aliphatic carbocycles. The zero-order valence-electron chi connectivity index (χ0n) is 13.2. The van der Waals surface area contributed by atoms with Crippen LogP contribution in [0.1, 0.15) is 32.2 Å². The molecule has 3 rings (SSSR count). The fourth-order valence-electron chi connectivity index (χ4n) is 2.33. The van der Waals surface area contributed by atoms with Crippen LogP contribution in [0.2, 0.25) is 0 Å². The number of hydrogen-bond donors (Lipinski definition) is 0. The summed E-state index contributed by atoms with van der Waals surface area (Å²) >= 11 is 6.18. The number of aryl methyl sites for hydroxylation is 1. The van der Waals surface area contributed by atoms with Gasteiger partial charge in [-0.05, 0) is 48.4 Å². The van der Waals surface area contributed by atoms with E-state index in [0.717, 1.165) is 34.9 Å². The first-order chi connectivity index (χ1) is 12.3. The molecule has 2 aromatic rings. The van der Waals surface area contributed by atoms with E-state index < -0.39 is 29.0 Å². The molecule has 0 N–H and O–H groups in total. The van der Waals surface area contributed by atoms with E-state index in [1.165, 1.54) is 6.08 Å². The molecule has 0 saturated carbocycles. The number of carbonyl (C=O) groups excluding carboxylic acids is 3. The van der Waals surface area contributed by atoms with E-state index in [9.17, 15) is 24.6 Å². The monoisotopic (exact) mass is 387 g/mol. The molecule has 132 valence electrons. The molecule has 7 nitrogen and oxygen atoms in total. The predicted molar refractivity (Wildman–Crippen MR) is 94.2 cm³/mol. The minimum absolute atomic E-state index is 0.00688. The number of furan rings is 1. The summed E-state index contributed by atoms with van der Waals surface area (Å²) < 4.78 is 5.52. The molecule has 2 heterocycles. The molecule has 1 aromatic carbocycles. The first-order valence-corrected chi connectivity index (χ1v) is 8.41. The number of aromatic carboxylic acids is 2. The Morgan fingerprint density at radius 3 is 2.27 bits per heavy atom. The Kier molecular flexibility index (Phi) is 4.66. The number of thioether (sulfide) groups is 1. The number of anilines is 1. The lowest BCUT2D eigenvalue weighted by Crippen LogP contribution is -2.30. The molecule has 1 aliphatic heterocycles. The third kappa shape index (κ3) is 3.39. The SMILES string of the molecule is Cc1ccc(/C=C2\SC(=S)N(c3cc(C(=O)[O-])cc(C(=O)[O-])c3)C2=O)o1. The maximum Gasteiger partial charge on any atom is 0.270 e.